The Labute approximate surface area is 166 Å². The molecule has 0 aromatic rings. The van der Waals surface area contributed by atoms with E-state index in [-0.39, 0.29) is 0 Å². The molecule has 0 aliphatic rings. The fraction of sp³-hybridized carbons (Fsp3) is 0.960. The Morgan fingerprint density at radius 2 is 0.885 bits per heavy atom. The van der Waals surface area contributed by atoms with Crippen molar-refractivity contribution in [1.82, 2.24) is 0 Å². The van der Waals surface area contributed by atoms with E-state index in [9.17, 15) is 4.79 Å². The molecule has 0 rings (SSSR count). The number of carbonyl (C=O) groups is 1. The highest BCUT2D eigenvalue weighted by Gasteiger charge is 2.06. The normalized spacial score (nSPS) is 12.4. The summed E-state index contributed by atoms with van der Waals surface area (Å²) in [4.78, 5) is 10.7. The van der Waals surface area contributed by atoms with Gasteiger partial charge in [0.05, 0.1) is 0 Å². The largest absolute Gasteiger partial charge is 0.303 e. The van der Waals surface area contributed by atoms with Crippen LogP contribution in [0.4, 0.5) is 0 Å². The molecule has 0 aromatic heterocycles. The summed E-state index contributed by atoms with van der Waals surface area (Å²) >= 11 is 0. The molecule has 1 nitrogen and oxygen atoms in total. The van der Waals surface area contributed by atoms with Gasteiger partial charge in [0, 0.05) is 6.42 Å². The lowest BCUT2D eigenvalue weighted by molar-refractivity contribution is -0.108. The van der Waals surface area contributed by atoms with E-state index in [1.54, 1.807) is 0 Å². The Morgan fingerprint density at radius 1 is 0.500 bits per heavy atom. The van der Waals surface area contributed by atoms with Gasteiger partial charge in [0.2, 0.25) is 0 Å². The van der Waals surface area contributed by atoms with Gasteiger partial charge >= 0.3 is 0 Å². The second kappa shape index (κ2) is 22.7. The lowest BCUT2D eigenvalue weighted by Crippen LogP contribution is -2.00. The van der Waals surface area contributed by atoms with Crippen molar-refractivity contribution in [2.75, 3.05) is 0 Å². The first-order valence-corrected chi connectivity index (χ1v) is 12.3. The number of hydrogen-bond donors (Lipinski definition) is 0. The molecule has 0 saturated heterocycles. The Balaban J connectivity index is 3.14. The van der Waals surface area contributed by atoms with Crippen molar-refractivity contribution in [2.24, 2.45) is 5.92 Å². The quantitative estimate of drug-likeness (QED) is 0.138. The Hall–Kier alpha value is -0.330. The molecule has 1 heteroatoms. The minimum Gasteiger partial charge on any atom is -0.303 e. The van der Waals surface area contributed by atoms with Crippen LogP contribution in [0.1, 0.15) is 149 Å². The van der Waals surface area contributed by atoms with Crippen molar-refractivity contribution in [3.63, 3.8) is 0 Å². The number of hydrogen-bond acceptors (Lipinski definition) is 1. The highest BCUT2D eigenvalue weighted by molar-refractivity contribution is 5.49. The summed E-state index contributed by atoms with van der Waals surface area (Å²) in [5, 5.41) is 0. The minimum absolute atomic E-state index is 0.661. The zero-order valence-corrected chi connectivity index (χ0v) is 18.4. The predicted molar refractivity (Wildman–Crippen MR) is 118 cm³/mol. The molecular weight excluding hydrogens is 316 g/mol. The van der Waals surface area contributed by atoms with E-state index in [1.807, 2.05) is 0 Å². The highest BCUT2D eigenvalue weighted by Crippen LogP contribution is 2.19. The van der Waals surface area contributed by atoms with Crippen molar-refractivity contribution in [3.05, 3.63) is 0 Å². The van der Waals surface area contributed by atoms with E-state index in [1.165, 1.54) is 128 Å². The monoisotopic (exact) mass is 366 g/mol. The van der Waals surface area contributed by atoms with Crippen molar-refractivity contribution in [3.8, 4) is 0 Å². The SMILES string of the molecule is CCCCCCCCCCCCCCCCCCCC(CC=O)CCC. The molecule has 0 amide bonds. The lowest BCUT2D eigenvalue weighted by atomic mass is 9.93. The Morgan fingerprint density at radius 3 is 1.23 bits per heavy atom. The second-order valence-electron chi connectivity index (χ2n) is 8.50. The topological polar surface area (TPSA) is 17.1 Å². The average molecular weight is 367 g/mol. The molecule has 0 spiro atoms. The molecule has 0 heterocycles. The summed E-state index contributed by atoms with van der Waals surface area (Å²) in [6.45, 7) is 4.52. The van der Waals surface area contributed by atoms with Gasteiger partial charge in [-0.3, -0.25) is 0 Å². The standard InChI is InChI=1S/C25H50O/c1-3-5-6-7-8-9-10-11-12-13-14-15-16-17-18-19-20-22-25(21-4-2)23-24-26/h24-25H,3-23H2,1-2H3. The van der Waals surface area contributed by atoms with Gasteiger partial charge in [-0.2, -0.15) is 0 Å². The first-order valence-electron chi connectivity index (χ1n) is 12.3. The fourth-order valence-electron chi connectivity index (χ4n) is 4.08. The van der Waals surface area contributed by atoms with Gasteiger partial charge in [0.25, 0.3) is 0 Å². The Kier molecular flexibility index (Phi) is 22.4. The molecule has 0 radical (unpaired) electrons. The maximum absolute atomic E-state index is 10.7. The van der Waals surface area contributed by atoms with Crippen LogP contribution >= 0.6 is 0 Å². The summed E-state index contributed by atoms with van der Waals surface area (Å²) < 4.78 is 0. The summed E-state index contributed by atoms with van der Waals surface area (Å²) in [6, 6.07) is 0. The predicted octanol–water partition coefficient (Wildman–Crippen LogP) is 9.03. The molecule has 0 fully saturated rings. The van der Waals surface area contributed by atoms with Crippen LogP contribution in [0, 0.1) is 5.92 Å². The van der Waals surface area contributed by atoms with E-state index in [2.05, 4.69) is 13.8 Å². The zero-order valence-electron chi connectivity index (χ0n) is 18.4. The maximum atomic E-state index is 10.7. The van der Waals surface area contributed by atoms with Crippen LogP contribution in [-0.2, 0) is 4.79 Å². The van der Waals surface area contributed by atoms with E-state index < -0.39 is 0 Å². The van der Waals surface area contributed by atoms with E-state index in [0.717, 1.165) is 12.7 Å². The number of carbonyl (C=O) groups excluding carboxylic acids is 1. The molecule has 0 aliphatic carbocycles. The molecular formula is C25H50O. The smallest absolute Gasteiger partial charge is 0.120 e. The van der Waals surface area contributed by atoms with Crippen molar-refractivity contribution in [2.45, 2.75) is 149 Å². The van der Waals surface area contributed by atoms with Gasteiger partial charge in [-0.05, 0) is 5.92 Å². The highest BCUT2D eigenvalue weighted by atomic mass is 16.1. The Bertz CT molecular complexity index is 261. The molecule has 1 atom stereocenters. The van der Waals surface area contributed by atoms with Crippen LogP contribution < -0.4 is 0 Å². The molecule has 0 aliphatic heterocycles. The molecule has 1 unspecified atom stereocenters. The van der Waals surface area contributed by atoms with Crippen molar-refractivity contribution >= 4 is 6.29 Å². The molecule has 0 N–H and O–H groups in total. The van der Waals surface area contributed by atoms with Crippen molar-refractivity contribution in [1.29, 1.82) is 0 Å². The summed E-state index contributed by atoms with van der Waals surface area (Å²) in [5.74, 6) is 0.661. The van der Waals surface area contributed by atoms with Crippen LogP contribution in [0.15, 0.2) is 0 Å². The third-order valence-electron chi connectivity index (χ3n) is 5.84. The van der Waals surface area contributed by atoms with E-state index in [0.29, 0.717) is 5.92 Å². The minimum atomic E-state index is 0.661. The summed E-state index contributed by atoms with van der Waals surface area (Å²) in [5.41, 5.74) is 0. The lowest BCUT2D eigenvalue weighted by Gasteiger charge is -2.12. The summed E-state index contributed by atoms with van der Waals surface area (Å²) in [7, 11) is 0. The second-order valence-corrected chi connectivity index (χ2v) is 8.50. The zero-order chi connectivity index (χ0) is 19.1. The molecule has 156 valence electrons. The van der Waals surface area contributed by atoms with Crippen LogP contribution in [-0.4, -0.2) is 6.29 Å². The van der Waals surface area contributed by atoms with Crippen LogP contribution in [0.25, 0.3) is 0 Å². The van der Waals surface area contributed by atoms with Crippen LogP contribution in [0.2, 0.25) is 0 Å². The van der Waals surface area contributed by atoms with Gasteiger partial charge in [-0.15, -0.1) is 0 Å². The third kappa shape index (κ3) is 20.0. The van der Waals surface area contributed by atoms with Gasteiger partial charge < -0.3 is 4.79 Å². The van der Waals surface area contributed by atoms with Gasteiger partial charge in [0.1, 0.15) is 6.29 Å². The fourth-order valence-corrected chi connectivity index (χ4v) is 4.08. The number of unbranched alkanes of at least 4 members (excludes halogenated alkanes) is 16. The number of rotatable bonds is 22. The molecule has 0 bridgehead atoms. The number of aldehydes is 1. The average Bonchev–Trinajstić information content (AvgIpc) is 2.64. The molecule has 0 saturated carbocycles. The van der Waals surface area contributed by atoms with E-state index in [4.69, 9.17) is 0 Å². The van der Waals surface area contributed by atoms with Crippen LogP contribution in [0.5, 0.6) is 0 Å². The summed E-state index contributed by atoms with van der Waals surface area (Å²) in [6.07, 6.45) is 30.0. The van der Waals surface area contributed by atoms with Gasteiger partial charge in [-0.1, -0.05) is 142 Å². The third-order valence-corrected chi connectivity index (χ3v) is 5.84. The van der Waals surface area contributed by atoms with Gasteiger partial charge in [-0.25, -0.2) is 0 Å². The molecule has 26 heavy (non-hydrogen) atoms. The molecule has 0 aromatic carbocycles. The van der Waals surface area contributed by atoms with E-state index >= 15 is 0 Å². The first kappa shape index (κ1) is 25.7. The van der Waals surface area contributed by atoms with Gasteiger partial charge in [0.15, 0.2) is 0 Å². The first-order chi connectivity index (χ1) is 12.8. The van der Waals surface area contributed by atoms with Crippen molar-refractivity contribution < 1.29 is 4.79 Å². The van der Waals surface area contributed by atoms with Crippen LogP contribution in [0.3, 0.4) is 0 Å². The maximum Gasteiger partial charge on any atom is 0.120 e.